The highest BCUT2D eigenvalue weighted by atomic mass is 16.6. The molecule has 112 valence electrons. The van der Waals surface area contributed by atoms with E-state index in [1.165, 1.54) is 0 Å². The van der Waals surface area contributed by atoms with Crippen LogP contribution in [-0.2, 0) is 6.42 Å². The van der Waals surface area contributed by atoms with Crippen molar-refractivity contribution < 1.29 is 19.1 Å². The van der Waals surface area contributed by atoms with E-state index >= 15 is 0 Å². The predicted octanol–water partition coefficient (Wildman–Crippen LogP) is 3.78. The quantitative estimate of drug-likeness (QED) is 0.639. The first-order valence-electron chi connectivity index (χ1n) is 7.36. The van der Waals surface area contributed by atoms with Gasteiger partial charge < -0.3 is 9.47 Å². The first-order chi connectivity index (χ1) is 10.7. The Kier molecular flexibility index (Phi) is 3.92. The summed E-state index contributed by atoms with van der Waals surface area (Å²) in [5.74, 6) is -0.523. The zero-order valence-corrected chi connectivity index (χ0v) is 12.3. The Bertz CT molecular complexity index is 734. The highest BCUT2D eigenvalue weighted by molar-refractivity contribution is 6.06. The Balaban J connectivity index is 2.09. The number of carbonyl (C=O) groups is 2. The second kappa shape index (κ2) is 6.02. The van der Waals surface area contributed by atoms with Crippen molar-refractivity contribution in [2.75, 3.05) is 0 Å². The third-order valence-corrected chi connectivity index (χ3v) is 3.63. The summed E-state index contributed by atoms with van der Waals surface area (Å²) in [5, 5.41) is 0. The van der Waals surface area contributed by atoms with Gasteiger partial charge >= 0.3 is 11.9 Å². The first kappa shape index (κ1) is 14.3. The SMILES string of the molecule is CCCCc1cccc2c1C(=O)Oc1ccccc1OC2=O. The second-order valence-electron chi connectivity index (χ2n) is 5.17. The van der Waals surface area contributed by atoms with Gasteiger partial charge in [0.05, 0.1) is 11.1 Å². The lowest BCUT2D eigenvalue weighted by molar-refractivity contribution is 0.0647. The Labute approximate surface area is 128 Å². The fourth-order valence-corrected chi connectivity index (χ4v) is 2.51. The summed E-state index contributed by atoms with van der Waals surface area (Å²) in [4.78, 5) is 24.9. The lowest BCUT2D eigenvalue weighted by Gasteiger charge is -2.18. The molecule has 0 aromatic heterocycles. The minimum absolute atomic E-state index is 0.255. The van der Waals surface area contributed by atoms with Crippen molar-refractivity contribution in [3.05, 3.63) is 59.2 Å². The summed E-state index contributed by atoms with van der Waals surface area (Å²) >= 11 is 0. The number of hydrogen-bond acceptors (Lipinski definition) is 4. The highest BCUT2D eigenvalue weighted by Gasteiger charge is 2.27. The van der Waals surface area contributed by atoms with Gasteiger partial charge in [0.15, 0.2) is 11.5 Å². The van der Waals surface area contributed by atoms with Gasteiger partial charge in [-0.15, -0.1) is 0 Å². The Morgan fingerprint density at radius 1 is 0.864 bits per heavy atom. The average molecular weight is 296 g/mol. The molecule has 0 saturated carbocycles. The van der Waals surface area contributed by atoms with Gasteiger partial charge in [-0.25, -0.2) is 9.59 Å². The molecule has 0 atom stereocenters. The van der Waals surface area contributed by atoms with E-state index in [2.05, 4.69) is 6.92 Å². The van der Waals surface area contributed by atoms with Crippen molar-refractivity contribution in [3.63, 3.8) is 0 Å². The molecule has 3 rings (SSSR count). The van der Waals surface area contributed by atoms with Crippen LogP contribution in [0.15, 0.2) is 42.5 Å². The van der Waals surface area contributed by atoms with Crippen LogP contribution in [0.5, 0.6) is 11.5 Å². The number of hydrogen-bond donors (Lipinski definition) is 0. The van der Waals surface area contributed by atoms with E-state index in [1.807, 2.05) is 6.07 Å². The van der Waals surface area contributed by atoms with E-state index in [-0.39, 0.29) is 17.1 Å². The number of esters is 2. The number of fused-ring (bicyclic) bond motifs is 2. The number of ether oxygens (including phenoxy) is 2. The van der Waals surface area contributed by atoms with Crippen molar-refractivity contribution >= 4 is 11.9 Å². The van der Waals surface area contributed by atoms with Crippen LogP contribution in [0.2, 0.25) is 0 Å². The van der Waals surface area contributed by atoms with Gasteiger partial charge in [0.1, 0.15) is 0 Å². The smallest absolute Gasteiger partial charge is 0.344 e. The molecule has 1 heterocycles. The number of aryl methyl sites for hydroxylation is 1. The van der Waals surface area contributed by atoms with Crippen LogP contribution in [0.3, 0.4) is 0 Å². The van der Waals surface area contributed by atoms with Gasteiger partial charge in [0, 0.05) is 0 Å². The van der Waals surface area contributed by atoms with Crippen molar-refractivity contribution in [1.82, 2.24) is 0 Å². The van der Waals surface area contributed by atoms with Crippen LogP contribution in [-0.4, -0.2) is 11.9 Å². The van der Waals surface area contributed by atoms with Crippen molar-refractivity contribution in [1.29, 1.82) is 0 Å². The second-order valence-corrected chi connectivity index (χ2v) is 5.17. The third-order valence-electron chi connectivity index (χ3n) is 3.63. The van der Waals surface area contributed by atoms with Crippen LogP contribution in [0.4, 0.5) is 0 Å². The average Bonchev–Trinajstić information content (AvgIpc) is 2.53. The summed E-state index contributed by atoms with van der Waals surface area (Å²) in [6, 6.07) is 11.9. The van der Waals surface area contributed by atoms with E-state index in [1.54, 1.807) is 36.4 Å². The minimum atomic E-state index is -0.530. The maximum Gasteiger partial charge on any atom is 0.344 e. The molecule has 2 aromatic carbocycles. The Morgan fingerprint density at radius 3 is 2.23 bits per heavy atom. The number of unbranched alkanes of at least 4 members (excludes halogenated alkanes) is 1. The molecular weight excluding hydrogens is 280 g/mol. The Morgan fingerprint density at radius 2 is 1.55 bits per heavy atom. The molecule has 0 unspecified atom stereocenters. The molecule has 1 aliphatic heterocycles. The zero-order chi connectivity index (χ0) is 15.5. The molecule has 0 radical (unpaired) electrons. The zero-order valence-electron chi connectivity index (χ0n) is 12.3. The van der Waals surface area contributed by atoms with E-state index in [0.29, 0.717) is 5.56 Å². The van der Waals surface area contributed by atoms with Gasteiger partial charge in [0.25, 0.3) is 0 Å². The van der Waals surface area contributed by atoms with Gasteiger partial charge in [0.2, 0.25) is 0 Å². The summed E-state index contributed by atoms with van der Waals surface area (Å²) in [7, 11) is 0. The number of rotatable bonds is 3. The lowest BCUT2D eigenvalue weighted by atomic mass is 9.97. The number of para-hydroxylation sites is 2. The van der Waals surface area contributed by atoms with E-state index < -0.39 is 11.9 Å². The maximum atomic E-state index is 12.5. The summed E-state index contributed by atoms with van der Waals surface area (Å²) in [6.07, 6.45) is 2.67. The lowest BCUT2D eigenvalue weighted by Crippen LogP contribution is -2.22. The first-order valence-corrected chi connectivity index (χ1v) is 7.36. The van der Waals surface area contributed by atoms with E-state index in [4.69, 9.17) is 9.47 Å². The molecule has 0 N–H and O–H groups in total. The molecule has 0 aliphatic carbocycles. The van der Waals surface area contributed by atoms with Crippen LogP contribution < -0.4 is 9.47 Å². The van der Waals surface area contributed by atoms with E-state index in [9.17, 15) is 9.59 Å². The molecule has 0 spiro atoms. The predicted molar refractivity (Wildman–Crippen MR) is 81.4 cm³/mol. The van der Waals surface area contributed by atoms with Crippen LogP contribution >= 0.6 is 0 Å². The van der Waals surface area contributed by atoms with Gasteiger partial charge in [-0.2, -0.15) is 0 Å². The van der Waals surface area contributed by atoms with Gasteiger partial charge in [-0.05, 0) is 36.6 Å². The van der Waals surface area contributed by atoms with Gasteiger partial charge in [-0.1, -0.05) is 37.6 Å². The van der Waals surface area contributed by atoms with E-state index in [0.717, 1.165) is 24.8 Å². The minimum Gasteiger partial charge on any atom is -0.419 e. The number of benzene rings is 2. The van der Waals surface area contributed by atoms with Crippen molar-refractivity contribution in [3.8, 4) is 11.5 Å². The monoisotopic (exact) mass is 296 g/mol. The molecule has 0 bridgehead atoms. The molecular formula is C18H16O4. The van der Waals surface area contributed by atoms with Crippen LogP contribution in [0.25, 0.3) is 0 Å². The van der Waals surface area contributed by atoms with Gasteiger partial charge in [-0.3, -0.25) is 0 Å². The molecule has 0 amide bonds. The summed E-state index contributed by atoms with van der Waals surface area (Å²) in [6.45, 7) is 2.08. The maximum absolute atomic E-state index is 12.5. The molecule has 4 heteroatoms. The normalized spacial score (nSPS) is 13.3. The largest absolute Gasteiger partial charge is 0.419 e. The standard InChI is InChI=1S/C18H16O4/c1-2-3-7-12-8-6-9-13-16(12)18(20)22-15-11-5-4-10-14(15)21-17(13)19/h4-6,8-11H,2-3,7H2,1H3. The van der Waals surface area contributed by atoms with Crippen molar-refractivity contribution in [2.24, 2.45) is 0 Å². The molecule has 0 fully saturated rings. The molecule has 22 heavy (non-hydrogen) atoms. The summed E-state index contributed by atoms with van der Waals surface area (Å²) in [5.41, 5.74) is 1.39. The molecule has 4 nitrogen and oxygen atoms in total. The topological polar surface area (TPSA) is 52.6 Å². The fraction of sp³-hybridized carbons (Fsp3) is 0.222. The van der Waals surface area contributed by atoms with Crippen molar-refractivity contribution in [2.45, 2.75) is 26.2 Å². The highest BCUT2D eigenvalue weighted by Crippen LogP contribution is 2.32. The number of carbonyl (C=O) groups excluding carboxylic acids is 2. The third kappa shape index (κ3) is 2.60. The molecule has 1 aliphatic rings. The van der Waals surface area contributed by atoms with Crippen LogP contribution in [0, 0.1) is 0 Å². The fourth-order valence-electron chi connectivity index (χ4n) is 2.51. The molecule has 0 saturated heterocycles. The summed E-state index contributed by atoms with van der Waals surface area (Å²) < 4.78 is 10.8. The molecule has 2 aromatic rings. The Hall–Kier alpha value is -2.62. The van der Waals surface area contributed by atoms with Crippen LogP contribution in [0.1, 0.15) is 46.0 Å².